The fourth-order valence-electron chi connectivity index (χ4n) is 3.82. The summed E-state index contributed by atoms with van der Waals surface area (Å²) in [6.45, 7) is 2.24. The van der Waals surface area contributed by atoms with Gasteiger partial charge in [-0.15, -0.1) is 0 Å². The van der Waals surface area contributed by atoms with Gasteiger partial charge in [0.05, 0.1) is 16.9 Å². The van der Waals surface area contributed by atoms with Gasteiger partial charge in [0.15, 0.2) is 0 Å². The number of para-hydroxylation sites is 1. The third kappa shape index (κ3) is 2.84. The molecular weight excluding hydrogens is 302 g/mol. The van der Waals surface area contributed by atoms with E-state index >= 15 is 0 Å². The van der Waals surface area contributed by atoms with E-state index in [1.807, 2.05) is 35.2 Å². The van der Waals surface area contributed by atoms with Crippen LogP contribution in [0.5, 0.6) is 0 Å². The highest BCUT2D eigenvalue weighted by Gasteiger charge is 2.32. The normalized spacial score (nSPS) is 22.2. The van der Waals surface area contributed by atoms with E-state index in [2.05, 4.69) is 0 Å². The Kier molecular flexibility index (Phi) is 4.10. The van der Waals surface area contributed by atoms with E-state index in [4.69, 9.17) is 15.5 Å². The second-order valence-electron chi connectivity index (χ2n) is 6.76. The molecule has 1 aromatic carbocycles. The minimum absolute atomic E-state index is 0.158. The van der Waals surface area contributed by atoms with E-state index in [0.29, 0.717) is 12.5 Å². The zero-order valence-electron chi connectivity index (χ0n) is 13.8. The van der Waals surface area contributed by atoms with Crippen molar-refractivity contribution in [2.45, 2.75) is 37.7 Å². The lowest BCUT2D eigenvalue weighted by Crippen LogP contribution is -2.43. The van der Waals surface area contributed by atoms with Crippen LogP contribution in [0.2, 0.25) is 0 Å². The van der Waals surface area contributed by atoms with E-state index < -0.39 is 0 Å². The number of hydrogen-bond acceptors (Lipinski definition) is 4. The van der Waals surface area contributed by atoms with E-state index in [-0.39, 0.29) is 12.0 Å². The van der Waals surface area contributed by atoms with E-state index in [9.17, 15) is 4.79 Å². The number of nitrogens with two attached hydrogens (primary N) is 1. The molecule has 2 aliphatic rings. The highest BCUT2D eigenvalue weighted by atomic mass is 16.5. The molecule has 24 heavy (non-hydrogen) atoms. The zero-order valence-corrected chi connectivity index (χ0v) is 13.8. The van der Waals surface area contributed by atoms with Crippen LogP contribution in [0.4, 0.5) is 5.69 Å². The number of rotatable bonds is 2. The number of piperidine rings is 1. The van der Waals surface area contributed by atoms with Crippen LogP contribution in [0.15, 0.2) is 30.3 Å². The van der Waals surface area contributed by atoms with Crippen molar-refractivity contribution in [1.82, 2.24) is 9.88 Å². The van der Waals surface area contributed by atoms with Gasteiger partial charge in [0.2, 0.25) is 0 Å². The molecule has 2 aliphatic heterocycles. The lowest BCUT2D eigenvalue weighted by molar-refractivity contribution is -0.142. The minimum Gasteiger partial charge on any atom is -0.397 e. The predicted molar refractivity (Wildman–Crippen MR) is 93.7 cm³/mol. The maximum absolute atomic E-state index is 12.4. The Bertz CT molecular complexity index is 747. The van der Waals surface area contributed by atoms with Crippen molar-refractivity contribution in [2.75, 3.05) is 25.4 Å². The predicted octanol–water partition coefficient (Wildman–Crippen LogP) is 2.70. The molecule has 0 aliphatic carbocycles. The van der Waals surface area contributed by atoms with Gasteiger partial charge in [0.25, 0.3) is 5.91 Å². The average molecular weight is 325 g/mol. The van der Waals surface area contributed by atoms with Gasteiger partial charge in [-0.05, 0) is 37.8 Å². The van der Waals surface area contributed by atoms with Crippen LogP contribution in [0.25, 0.3) is 10.9 Å². The van der Waals surface area contributed by atoms with Crippen LogP contribution < -0.4 is 5.73 Å². The summed E-state index contributed by atoms with van der Waals surface area (Å²) in [6.07, 6.45) is 3.45. The average Bonchev–Trinajstić information content (AvgIpc) is 3.15. The molecule has 5 nitrogen and oxygen atoms in total. The van der Waals surface area contributed by atoms with Gasteiger partial charge in [0.1, 0.15) is 6.10 Å². The lowest BCUT2D eigenvalue weighted by Gasteiger charge is -2.33. The van der Waals surface area contributed by atoms with Gasteiger partial charge in [0, 0.05) is 31.0 Å². The van der Waals surface area contributed by atoms with Gasteiger partial charge >= 0.3 is 0 Å². The van der Waals surface area contributed by atoms with Crippen LogP contribution in [0.3, 0.4) is 0 Å². The largest absolute Gasteiger partial charge is 0.397 e. The maximum atomic E-state index is 12.4. The highest BCUT2D eigenvalue weighted by molar-refractivity contribution is 5.82. The number of likely N-dealkylation sites (tertiary alicyclic amines) is 1. The molecule has 126 valence electrons. The Morgan fingerprint density at radius 2 is 2.00 bits per heavy atom. The SMILES string of the molecule is Nc1cc2ccccc2nc1C1CCN(C(=O)C2CCCO2)CC1. The molecule has 0 spiro atoms. The monoisotopic (exact) mass is 325 g/mol. The summed E-state index contributed by atoms with van der Waals surface area (Å²) >= 11 is 0. The molecular formula is C19H23N3O2. The first-order valence-corrected chi connectivity index (χ1v) is 8.78. The molecule has 4 rings (SSSR count). The number of carbonyl (C=O) groups excluding carboxylic acids is 1. The van der Waals surface area contributed by atoms with Crippen LogP contribution in [-0.2, 0) is 9.53 Å². The molecule has 0 saturated carbocycles. The summed E-state index contributed by atoms with van der Waals surface area (Å²) in [5.74, 6) is 0.480. The molecule has 2 aromatic rings. The number of carbonyl (C=O) groups is 1. The molecule has 1 atom stereocenters. The smallest absolute Gasteiger partial charge is 0.251 e. The Balaban J connectivity index is 1.47. The van der Waals surface area contributed by atoms with Crippen LogP contribution in [0.1, 0.15) is 37.3 Å². The summed E-state index contributed by atoms with van der Waals surface area (Å²) < 4.78 is 5.52. The quantitative estimate of drug-likeness (QED) is 0.922. The first-order chi connectivity index (χ1) is 11.7. The van der Waals surface area contributed by atoms with Crippen molar-refractivity contribution < 1.29 is 9.53 Å². The number of anilines is 1. The number of fused-ring (bicyclic) bond motifs is 1. The second kappa shape index (κ2) is 6.40. The van der Waals surface area contributed by atoms with Crippen molar-refractivity contribution >= 4 is 22.5 Å². The molecule has 0 bridgehead atoms. The molecule has 5 heteroatoms. The molecule has 1 amide bonds. The number of pyridine rings is 1. The summed E-state index contributed by atoms with van der Waals surface area (Å²) in [5, 5.41) is 1.07. The van der Waals surface area contributed by atoms with E-state index in [1.165, 1.54) is 0 Å². The van der Waals surface area contributed by atoms with Crippen molar-refractivity contribution in [3.05, 3.63) is 36.0 Å². The summed E-state index contributed by atoms with van der Waals surface area (Å²) in [7, 11) is 0. The van der Waals surface area contributed by atoms with Gasteiger partial charge in [-0.2, -0.15) is 0 Å². The lowest BCUT2D eigenvalue weighted by atomic mass is 9.91. The topological polar surface area (TPSA) is 68.5 Å². The number of amides is 1. The van der Waals surface area contributed by atoms with Crippen molar-refractivity contribution in [1.29, 1.82) is 0 Å². The van der Waals surface area contributed by atoms with Crippen LogP contribution in [-0.4, -0.2) is 41.6 Å². The maximum Gasteiger partial charge on any atom is 0.251 e. The summed E-state index contributed by atoms with van der Waals surface area (Å²) in [6, 6.07) is 10.1. The standard InChI is InChI=1S/C19H23N3O2/c20-15-12-14-4-1-2-5-16(14)21-18(15)13-7-9-22(10-8-13)19(23)17-6-3-11-24-17/h1-2,4-5,12-13,17H,3,6-11,20H2. The molecule has 2 fully saturated rings. The Morgan fingerprint density at radius 1 is 1.21 bits per heavy atom. The van der Waals surface area contributed by atoms with Crippen LogP contribution in [0, 0.1) is 0 Å². The number of benzene rings is 1. The van der Waals surface area contributed by atoms with Crippen LogP contribution >= 0.6 is 0 Å². The zero-order chi connectivity index (χ0) is 16.5. The van der Waals surface area contributed by atoms with E-state index in [0.717, 1.165) is 61.1 Å². The van der Waals surface area contributed by atoms with Crippen molar-refractivity contribution in [3.8, 4) is 0 Å². The molecule has 2 N–H and O–H groups in total. The Labute approximate surface area is 141 Å². The van der Waals surface area contributed by atoms with E-state index in [1.54, 1.807) is 0 Å². The fraction of sp³-hybridized carbons (Fsp3) is 0.474. The fourth-order valence-corrected chi connectivity index (χ4v) is 3.82. The van der Waals surface area contributed by atoms with Gasteiger partial charge in [-0.25, -0.2) is 0 Å². The van der Waals surface area contributed by atoms with Gasteiger partial charge < -0.3 is 15.4 Å². The van der Waals surface area contributed by atoms with Crippen molar-refractivity contribution in [3.63, 3.8) is 0 Å². The minimum atomic E-state index is -0.217. The number of hydrogen-bond donors (Lipinski definition) is 1. The second-order valence-corrected chi connectivity index (χ2v) is 6.76. The van der Waals surface area contributed by atoms with Gasteiger partial charge in [-0.3, -0.25) is 9.78 Å². The molecule has 0 radical (unpaired) electrons. The molecule has 2 saturated heterocycles. The number of ether oxygens (including phenoxy) is 1. The highest BCUT2D eigenvalue weighted by Crippen LogP contribution is 2.32. The first-order valence-electron chi connectivity index (χ1n) is 8.78. The summed E-state index contributed by atoms with van der Waals surface area (Å²) in [4.78, 5) is 19.2. The number of nitrogens with zero attached hydrogens (tertiary/aromatic N) is 2. The Morgan fingerprint density at radius 3 is 2.75 bits per heavy atom. The molecule has 1 aromatic heterocycles. The Hall–Kier alpha value is -2.14. The third-order valence-electron chi connectivity index (χ3n) is 5.18. The van der Waals surface area contributed by atoms with Gasteiger partial charge in [-0.1, -0.05) is 18.2 Å². The number of nitrogen functional groups attached to an aromatic ring is 1. The molecule has 3 heterocycles. The first kappa shape index (κ1) is 15.4. The number of aromatic nitrogens is 1. The van der Waals surface area contributed by atoms with Crippen molar-refractivity contribution in [2.24, 2.45) is 0 Å². The third-order valence-corrected chi connectivity index (χ3v) is 5.18. The molecule has 1 unspecified atom stereocenters. The summed E-state index contributed by atoms with van der Waals surface area (Å²) in [5.41, 5.74) is 8.98.